The van der Waals surface area contributed by atoms with Gasteiger partial charge in [0.25, 0.3) is 5.91 Å². The molecule has 0 aliphatic rings. The van der Waals surface area contributed by atoms with Gasteiger partial charge in [-0.1, -0.05) is 17.7 Å². The minimum absolute atomic E-state index is 0.0128. The summed E-state index contributed by atoms with van der Waals surface area (Å²) in [5.41, 5.74) is 2.46. The second kappa shape index (κ2) is 8.30. The Morgan fingerprint density at radius 1 is 1.00 bits per heavy atom. The van der Waals surface area contributed by atoms with Crippen molar-refractivity contribution in [1.82, 2.24) is 9.97 Å². The van der Waals surface area contributed by atoms with Crippen molar-refractivity contribution in [1.29, 1.82) is 0 Å². The van der Waals surface area contributed by atoms with Crippen molar-refractivity contribution in [3.8, 4) is 0 Å². The molecule has 2 N–H and O–H groups in total. The molecule has 4 rings (SSSR count). The normalized spacial score (nSPS) is 10.7. The lowest BCUT2D eigenvalue weighted by Gasteiger charge is -2.11. The van der Waals surface area contributed by atoms with Crippen molar-refractivity contribution >= 4 is 68.2 Å². The zero-order chi connectivity index (χ0) is 20.4. The molecule has 1 aromatic heterocycles. The van der Waals surface area contributed by atoms with E-state index in [1.807, 2.05) is 18.2 Å². The number of carbonyl (C=O) groups is 1. The molecule has 3 aromatic carbocycles. The molecule has 0 fully saturated rings. The van der Waals surface area contributed by atoms with Gasteiger partial charge in [-0.05, 0) is 77.2 Å². The molecule has 0 saturated carbocycles. The standard InChI is InChI=1S/C21H13ClFIN4O/c22-17-10-15(4-6-18(17)23)27-20-16-9-14(5-7-19(16)25-11-26-20)28-21(29)12-2-1-3-13(24)8-12/h1-11H,(H,28,29)(H,25,26,27)/i24-2. The van der Waals surface area contributed by atoms with Crippen LogP contribution in [0.4, 0.5) is 21.6 Å². The van der Waals surface area contributed by atoms with Gasteiger partial charge in [0, 0.05) is 25.9 Å². The Labute approximate surface area is 184 Å². The van der Waals surface area contributed by atoms with Gasteiger partial charge in [0.15, 0.2) is 0 Å². The molecular formula is C21H13ClFIN4O. The van der Waals surface area contributed by atoms with Gasteiger partial charge in [-0.2, -0.15) is 0 Å². The van der Waals surface area contributed by atoms with Crippen LogP contribution in [0.25, 0.3) is 10.9 Å². The number of benzene rings is 3. The molecule has 1 amide bonds. The van der Waals surface area contributed by atoms with Crippen LogP contribution in [0.1, 0.15) is 10.4 Å². The third-order valence-electron chi connectivity index (χ3n) is 4.16. The van der Waals surface area contributed by atoms with Crippen LogP contribution in [0.15, 0.2) is 67.0 Å². The number of hydrogen-bond donors (Lipinski definition) is 2. The van der Waals surface area contributed by atoms with Gasteiger partial charge >= 0.3 is 0 Å². The minimum Gasteiger partial charge on any atom is -0.340 e. The monoisotopic (exact) mass is 516 g/mol. The lowest BCUT2D eigenvalue weighted by Crippen LogP contribution is -2.12. The number of aromatic nitrogens is 2. The predicted octanol–water partition coefficient (Wildman–Crippen LogP) is 6.02. The summed E-state index contributed by atoms with van der Waals surface area (Å²) < 4.78 is 14.4. The smallest absolute Gasteiger partial charge is 0.255 e. The van der Waals surface area contributed by atoms with Gasteiger partial charge in [0.2, 0.25) is 0 Å². The number of carbonyl (C=O) groups excluding carboxylic acids is 1. The van der Waals surface area contributed by atoms with Crippen molar-refractivity contribution in [3.05, 3.63) is 87.0 Å². The van der Waals surface area contributed by atoms with E-state index in [9.17, 15) is 9.18 Å². The van der Waals surface area contributed by atoms with Crippen molar-refractivity contribution in [2.75, 3.05) is 10.6 Å². The average molecular weight is 517 g/mol. The van der Waals surface area contributed by atoms with Crippen LogP contribution in [-0.4, -0.2) is 15.9 Å². The largest absolute Gasteiger partial charge is 0.340 e. The zero-order valence-electron chi connectivity index (χ0n) is 14.8. The van der Waals surface area contributed by atoms with Crippen molar-refractivity contribution in [2.45, 2.75) is 0 Å². The maximum Gasteiger partial charge on any atom is 0.255 e. The molecule has 8 heteroatoms. The number of hydrogen-bond acceptors (Lipinski definition) is 4. The van der Waals surface area contributed by atoms with E-state index in [1.54, 1.807) is 30.3 Å². The van der Waals surface area contributed by atoms with E-state index in [-0.39, 0.29) is 10.9 Å². The van der Waals surface area contributed by atoms with Crippen LogP contribution >= 0.6 is 34.2 Å². The number of rotatable bonds is 4. The summed E-state index contributed by atoms with van der Waals surface area (Å²) in [5.74, 6) is -0.187. The molecule has 4 aromatic rings. The third-order valence-corrected chi connectivity index (χ3v) is 5.12. The summed E-state index contributed by atoms with van der Waals surface area (Å²) in [6.45, 7) is 0. The Balaban J connectivity index is 1.65. The number of amides is 1. The van der Waals surface area contributed by atoms with Crippen LogP contribution in [0.2, 0.25) is 5.02 Å². The Morgan fingerprint density at radius 3 is 2.62 bits per heavy atom. The molecule has 1 heterocycles. The fraction of sp³-hybridized carbons (Fsp3) is 0. The van der Waals surface area contributed by atoms with Crippen molar-refractivity contribution in [3.63, 3.8) is 0 Å². The van der Waals surface area contributed by atoms with Gasteiger partial charge < -0.3 is 10.6 Å². The molecule has 0 aliphatic heterocycles. The van der Waals surface area contributed by atoms with Crippen LogP contribution in [0.3, 0.4) is 0 Å². The molecule has 0 bridgehead atoms. The van der Waals surface area contributed by atoms with Gasteiger partial charge in [0.05, 0.1) is 10.5 Å². The number of halogens is 3. The SMILES string of the molecule is O=C(Nc1ccc2ncnc(Nc3ccc(F)c(Cl)c3)c2c1)c1cccc([125I])c1. The lowest BCUT2D eigenvalue weighted by molar-refractivity contribution is 0.102. The van der Waals surface area contributed by atoms with Gasteiger partial charge in [-0.3, -0.25) is 4.79 Å². The highest BCUT2D eigenvalue weighted by Gasteiger charge is 2.10. The van der Waals surface area contributed by atoms with E-state index in [4.69, 9.17) is 11.6 Å². The minimum atomic E-state index is -0.495. The summed E-state index contributed by atoms with van der Waals surface area (Å²) in [4.78, 5) is 21.1. The van der Waals surface area contributed by atoms with Crippen LogP contribution in [0, 0.1) is 9.39 Å². The van der Waals surface area contributed by atoms with Crippen molar-refractivity contribution in [2.24, 2.45) is 0 Å². The molecule has 0 radical (unpaired) electrons. The predicted molar refractivity (Wildman–Crippen MR) is 121 cm³/mol. The number of nitrogens with one attached hydrogen (secondary N) is 2. The number of anilines is 3. The van der Waals surface area contributed by atoms with E-state index < -0.39 is 5.82 Å². The summed E-state index contributed by atoms with van der Waals surface area (Å²) >= 11 is 8.02. The van der Waals surface area contributed by atoms with Crippen LogP contribution in [0.5, 0.6) is 0 Å². The fourth-order valence-corrected chi connectivity index (χ4v) is 3.50. The summed E-state index contributed by atoms with van der Waals surface area (Å²) in [7, 11) is 0. The van der Waals surface area contributed by atoms with Crippen molar-refractivity contribution < 1.29 is 9.18 Å². The first-order chi connectivity index (χ1) is 14.0. The molecule has 29 heavy (non-hydrogen) atoms. The second-order valence-corrected chi connectivity index (χ2v) is 7.83. The Hall–Kier alpha value is -2.78. The molecule has 0 spiro atoms. The molecule has 0 saturated heterocycles. The van der Waals surface area contributed by atoms with Gasteiger partial charge in [-0.15, -0.1) is 0 Å². The fourth-order valence-electron chi connectivity index (χ4n) is 2.78. The maximum atomic E-state index is 13.4. The Kier molecular flexibility index (Phi) is 5.59. The van der Waals surface area contributed by atoms with Gasteiger partial charge in [-0.25, -0.2) is 14.4 Å². The van der Waals surface area contributed by atoms with E-state index in [2.05, 4.69) is 43.2 Å². The summed E-state index contributed by atoms with van der Waals surface area (Å²) in [5, 5.41) is 6.72. The first kappa shape index (κ1) is 19.5. The van der Waals surface area contributed by atoms with Crippen LogP contribution in [-0.2, 0) is 0 Å². The molecule has 0 unspecified atom stereocenters. The second-order valence-electron chi connectivity index (χ2n) is 6.17. The highest BCUT2D eigenvalue weighted by molar-refractivity contribution is 14.1. The number of fused-ring (bicyclic) bond motifs is 1. The van der Waals surface area contributed by atoms with E-state index in [0.717, 1.165) is 3.57 Å². The van der Waals surface area contributed by atoms with E-state index in [0.29, 0.717) is 33.7 Å². The van der Waals surface area contributed by atoms with E-state index in [1.165, 1.54) is 18.5 Å². The highest BCUT2D eigenvalue weighted by Crippen LogP contribution is 2.28. The van der Waals surface area contributed by atoms with Gasteiger partial charge in [0.1, 0.15) is 18.0 Å². The number of nitrogens with zero attached hydrogens (tertiary/aromatic N) is 2. The quantitative estimate of drug-likeness (QED) is 0.325. The van der Waals surface area contributed by atoms with Crippen LogP contribution < -0.4 is 10.6 Å². The zero-order valence-corrected chi connectivity index (χ0v) is 17.7. The first-order valence-electron chi connectivity index (χ1n) is 8.53. The lowest BCUT2D eigenvalue weighted by atomic mass is 10.1. The van der Waals surface area contributed by atoms with E-state index >= 15 is 0 Å². The topological polar surface area (TPSA) is 66.9 Å². The third kappa shape index (κ3) is 4.46. The Morgan fingerprint density at radius 2 is 1.83 bits per heavy atom. The molecular weight excluding hydrogens is 504 g/mol. The maximum absolute atomic E-state index is 13.4. The Bertz CT molecular complexity index is 1230. The summed E-state index contributed by atoms with van der Waals surface area (Å²) in [6, 6.07) is 17.0. The highest BCUT2D eigenvalue weighted by atomic mass is 125. The molecule has 5 nitrogen and oxygen atoms in total. The molecule has 0 aliphatic carbocycles. The average Bonchev–Trinajstić information content (AvgIpc) is 2.71. The molecule has 0 atom stereocenters. The summed E-state index contributed by atoms with van der Waals surface area (Å²) in [6.07, 6.45) is 1.43. The molecule has 144 valence electrons. The first-order valence-corrected chi connectivity index (χ1v) is 9.99.